The number of nitrogens with one attached hydrogen (secondary N) is 1. The molecule has 1 amide bonds. The molecule has 0 saturated heterocycles. The number of fused-ring (bicyclic) bond motifs is 2. The van der Waals surface area contributed by atoms with Crippen molar-refractivity contribution in [2.24, 2.45) is 0 Å². The standard InChI is InChI=1S/C21H19F2N5O2/c1-11-3-4-12(2)19-13(11)9-16(30-19)18-17-14(24-10-25-17)6-8-27(18)20(29)15-5-7-26-28(15)21(22)23/h3-5,7,9-10,18,21H,6,8H2,1-2H3,(H,24,25)/t18-/m0/s1. The van der Waals surface area contributed by atoms with E-state index in [1.165, 1.54) is 17.2 Å². The van der Waals surface area contributed by atoms with Gasteiger partial charge in [-0.2, -0.15) is 18.6 Å². The second-order valence-corrected chi connectivity index (χ2v) is 7.45. The lowest BCUT2D eigenvalue weighted by Gasteiger charge is -2.33. The van der Waals surface area contributed by atoms with Crippen molar-refractivity contribution >= 4 is 16.9 Å². The predicted molar refractivity (Wildman–Crippen MR) is 104 cm³/mol. The van der Waals surface area contributed by atoms with Crippen molar-refractivity contribution in [2.45, 2.75) is 32.9 Å². The summed E-state index contributed by atoms with van der Waals surface area (Å²) in [7, 11) is 0. The van der Waals surface area contributed by atoms with Gasteiger partial charge in [-0.3, -0.25) is 4.79 Å². The number of furan rings is 1. The Morgan fingerprint density at radius 2 is 2.07 bits per heavy atom. The van der Waals surface area contributed by atoms with E-state index in [1.807, 2.05) is 32.0 Å². The Labute approximate surface area is 170 Å². The van der Waals surface area contributed by atoms with Gasteiger partial charge >= 0.3 is 6.55 Å². The molecule has 1 atom stereocenters. The molecule has 1 aliphatic rings. The Morgan fingerprint density at radius 3 is 2.83 bits per heavy atom. The largest absolute Gasteiger partial charge is 0.458 e. The van der Waals surface area contributed by atoms with Crippen molar-refractivity contribution in [3.05, 3.63) is 70.8 Å². The fourth-order valence-corrected chi connectivity index (χ4v) is 4.12. The Hall–Kier alpha value is -3.49. The number of hydrogen-bond donors (Lipinski definition) is 1. The first-order valence-corrected chi connectivity index (χ1v) is 9.60. The molecule has 4 aromatic rings. The number of alkyl halides is 2. The summed E-state index contributed by atoms with van der Waals surface area (Å²) >= 11 is 0. The molecule has 5 rings (SSSR count). The summed E-state index contributed by atoms with van der Waals surface area (Å²) in [5.41, 5.74) is 4.17. The third-order valence-corrected chi connectivity index (χ3v) is 5.65. The third kappa shape index (κ3) is 2.72. The van der Waals surface area contributed by atoms with Gasteiger partial charge in [-0.05, 0) is 37.1 Å². The summed E-state index contributed by atoms with van der Waals surface area (Å²) in [5.74, 6) is 0.00672. The highest BCUT2D eigenvalue weighted by Crippen LogP contribution is 2.38. The lowest BCUT2D eigenvalue weighted by atomic mass is 9.99. The smallest absolute Gasteiger partial charge is 0.333 e. The Bertz CT molecular complexity index is 1220. The van der Waals surface area contributed by atoms with Crippen molar-refractivity contribution in [2.75, 3.05) is 6.54 Å². The summed E-state index contributed by atoms with van der Waals surface area (Å²) in [6, 6.07) is 6.59. The van der Waals surface area contributed by atoms with Gasteiger partial charge in [0.15, 0.2) is 0 Å². The first-order valence-electron chi connectivity index (χ1n) is 9.60. The van der Waals surface area contributed by atoms with E-state index in [-0.39, 0.29) is 5.69 Å². The Kier molecular flexibility index (Phi) is 4.19. The minimum Gasteiger partial charge on any atom is -0.458 e. The summed E-state index contributed by atoms with van der Waals surface area (Å²) in [6.45, 7) is 1.38. The molecule has 0 aliphatic carbocycles. The number of imidazole rings is 1. The third-order valence-electron chi connectivity index (χ3n) is 5.65. The molecular formula is C21H19F2N5O2. The highest BCUT2D eigenvalue weighted by atomic mass is 19.3. The van der Waals surface area contributed by atoms with Gasteiger partial charge in [0.2, 0.25) is 0 Å². The highest BCUT2D eigenvalue weighted by Gasteiger charge is 2.38. The van der Waals surface area contributed by atoms with Crippen LogP contribution in [0.3, 0.4) is 0 Å². The fraction of sp³-hybridized carbons (Fsp3) is 0.286. The Balaban J connectivity index is 1.65. The number of nitrogens with zero attached hydrogens (tertiary/aromatic N) is 4. The van der Waals surface area contributed by atoms with Crippen LogP contribution in [-0.2, 0) is 6.42 Å². The Morgan fingerprint density at radius 1 is 1.27 bits per heavy atom. The maximum Gasteiger partial charge on any atom is 0.333 e. The molecule has 0 fully saturated rings. The van der Waals surface area contributed by atoms with Crippen LogP contribution >= 0.6 is 0 Å². The zero-order chi connectivity index (χ0) is 21.0. The number of hydrogen-bond acceptors (Lipinski definition) is 4. The average molecular weight is 411 g/mol. The molecule has 0 unspecified atom stereocenters. The predicted octanol–water partition coefficient (Wildman–Crippen LogP) is 4.15. The molecule has 7 nitrogen and oxygen atoms in total. The van der Waals surface area contributed by atoms with E-state index in [0.29, 0.717) is 29.1 Å². The van der Waals surface area contributed by atoms with Crippen LogP contribution in [0.5, 0.6) is 0 Å². The molecule has 3 aromatic heterocycles. The number of benzene rings is 1. The van der Waals surface area contributed by atoms with Crippen LogP contribution in [0.1, 0.15) is 51.4 Å². The molecule has 1 aliphatic heterocycles. The first kappa shape index (κ1) is 18.5. The summed E-state index contributed by atoms with van der Waals surface area (Å²) in [5, 5.41) is 4.55. The number of carbonyl (C=O) groups is 1. The van der Waals surface area contributed by atoms with E-state index < -0.39 is 18.5 Å². The summed E-state index contributed by atoms with van der Waals surface area (Å²) < 4.78 is 33.3. The topological polar surface area (TPSA) is 80.0 Å². The second-order valence-electron chi connectivity index (χ2n) is 7.45. The molecule has 1 N–H and O–H groups in total. The molecule has 0 radical (unpaired) electrons. The summed E-state index contributed by atoms with van der Waals surface area (Å²) in [6.07, 6.45) is 3.32. The van der Waals surface area contributed by atoms with Gasteiger partial charge in [0.25, 0.3) is 5.91 Å². The van der Waals surface area contributed by atoms with Gasteiger partial charge in [-0.15, -0.1) is 0 Å². The van der Waals surface area contributed by atoms with Crippen molar-refractivity contribution in [1.29, 1.82) is 0 Å². The van der Waals surface area contributed by atoms with Gasteiger partial charge in [-0.25, -0.2) is 4.98 Å². The molecule has 9 heteroatoms. The van der Waals surface area contributed by atoms with E-state index in [1.54, 1.807) is 6.33 Å². The monoisotopic (exact) mass is 411 g/mol. The number of H-pyrrole nitrogens is 1. The van der Waals surface area contributed by atoms with Crippen LogP contribution in [0, 0.1) is 13.8 Å². The number of halogens is 2. The zero-order valence-corrected chi connectivity index (χ0v) is 16.4. The van der Waals surface area contributed by atoms with Crippen molar-refractivity contribution in [3.8, 4) is 0 Å². The van der Waals surface area contributed by atoms with Gasteiger partial charge < -0.3 is 14.3 Å². The minimum absolute atomic E-state index is 0.169. The normalized spacial score (nSPS) is 16.4. The molecule has 0 bridgehead atoms. The molecule has 1 aromatic carbocycles. The van der Waals surface area contributed by atoms with Gasteiger partial charge in [0.1, 0.15) is 23.1 Å². The number of aromatic nitrogens is 4. The lowest BCUT2D eigenvalue weighted by Crippen LogP contribution is -2.41. The SMILES string of the molecule is Cc1ccc(C)c2oc([C@H]3c4nc[nH]c4CCN3C(=O)c3ccnn3C(F)F)cc12. The van der Waals surface area contributed by atoms with Crippen LogP contribution in [0.2, 0.25) is 0 Å². The van der Waals surface area contributed by atoms with Crippen molar-refractivity contribution < 1.29 is 18.0 Å². The van der Waals surface area contributed by atoms with Gasteiger partial charge in [0, 0.05) is 30.2 Å². The minimum atomic E-state index is -2.90. The fourth-order valence-electron chi connectivity index (χ4n) is 4.12. The number of rotatable bonds is 3. The maximum absolute atomic E-state index is 13.3. The summed E-state index contributed by atoms with van der Waals surface area (Å²) in [4.78, 5) is 22.4. The number of amides is 1. The molecule has 154 valence electrons. The average Bonchev–Trinajstić information content (AvgIpc) is 3.48. The second kappa shape index (κ2) is 6.79. The highest BCUT2D eigenvalue weighted by molar-refractivity contribution is 5.93. The van der Waals surface area contributed by atoms with E-state index in [4.69, 9.17) is 4.42 Å². The van der Waals surface area contributed by atoms with Crippen molar-refractivity contribution in [1.82, 2.24) is 24.6 Å². The van der Waals surface area contributed by atoms with Gasteiger partial charge in [-0.1, -0.05) is 12.1 Å². The van der Waals surface area contributed by atoms with Crippen molar-refractivity contribution in [3.63, 3.8) is 0 Å². The van der Waals surface area contributed by atoms with E-state index in [9.17, 15) is 13.6 Å². The molecule has 4 heterocycles. The van der Waals surface area contributed by atoms with Crippen LogP contribution in [0.25, 0.3) is 11.0 Å². The molecule has 0 spiro atoms. The van der Waals surface area contributed by atoms with E-state index in [0.717, 1.165) is 27.8 Å². The number of aromatic amines is 1. The number of aryl methyl sites for hydroxylation is 2. The maximum atomic E-state index is 13.3. The van der Waals surface area contributed by atoms with E-state index >= 15 is 0 Å². The van der Waals surface area contributed by atoms with Crippen LogP contribution < -0.4 is 0 Å². The molecule has 30 heavy (non-hydrogen) atoms. The number of carbonyl (C=O) groups excluding carboxylic acids is 1. The van der Waals surface area contributed by atoms with Crippen LogP contribution in [0.4, 0.5) is 8.78 Å². The molecular weight excluding hydrogens is 392 g/mol. The molecule has 0 saturated carbocycles. The lowest BCUT2D eigenvalue weighted by molar-refractivity contribution is 0.0436. The van der Waals surface area contributed by atoms with Crippen LogP contribution in [0.15, 0.2) is 41.2 Å². The quantitative estimate of drug-likeness (QED) is 0.549. The first-order chi connectivity index (χ1) is 14.5. The van der Waals surface area contributed by atoms with Crippen LogP contribution in [-0.4, -0.2) is 37.1 Å². The van der Waals surface area contributed by atoms with E-state index in [2.05, 4.69) is 15.1 Å². The zero-order valence-electron chi connectivity index (χ0n) is 16.4. The van der Waals surface area contributed by atoms with Gasteiger partial charge in [0.05, 0.1) is 12.0 Å².